The van der Waals surface area contributed by atoms with Crippen LogP contribution in [0, 0.1) is 0 Å². The predicted molar refractivity (Wildman–Crippen MR) is 65.1 cm³/mol. The summed E-state index contributed by atoms with van der Waals surface area (Å²) >= 11 is 0. The van der Waals surface area contributed by atoms with E-state index in [0.29, 0.717) is 0 Å². The second kappa shape index (κ2) is 5.14. The van der Waals surface area contributed by atoms with Crippen LogP contribution in [0.2, 0.25) is 0 Å². The lowest BCUT2D eigenvalue weighted by molar-refractivity contribution is 0.281. The number of aryl methyl sites for hydroxylation is 1. The summed E-state index contributed by atoms with van der Waals surface area (Å²) in [6, 6.07) is 6.35. The van der Waals surface area contributed by atoms with Crippen LogP contribution >= 0.6 is 0 Å². The second-order valence-corrected chi connectivity index (χ2v) is 4.03. The van der Waals surface area contributed by atoms with E-state index < -0.39 is 0 Å². The highest BCUT2D eigenvalue weighted by atomic mass is 16.5. The summed E-state index contributed by atoms with van der Waals surface area (Å²) in [4.78, 5) is 0. The van der Waals surface area contributed by atoms with Crippen molar-refractivity contribution in [2.24, 2.45) is 5.84 Å². The Kier molecular flexibility index (Phi) is 3.59. The molecule has 1 aromatic carbocycles. The highest BCUT2D eigenvalue weighted by molar-refractivity contribution is 5.44. The lowest BCUT2D eigenvalue weighted by Gasteiger charge is -2.24. The van der Waals surface area contributed by atoms with Crippen molar-refractivity contribution in [3.63, 3.8) is 0 Å². The number of benzene rings is 1. The number of rotatable bonds is 4. The Bertz CT molecular complexity index is 376. The predicted octanol–water partition coefficient (Wildman–Crippen LogP) is 2.09. The van der Waals surface area contributed by atoms with Crippen LogP contribution in [0.4, 0.5) is 0 Å². The summed E-state index contributed by atoms with van der Waals surface area (Å²) in [5.41, 5.74) is 5.24. The third-order valence-electron chi connectivity index (χ3n) is 2.94. The van der Waals surface area contributed by atoms with Crippen LogP contribution in [0.3, 0.4) is 0 Å². The molecule has 3 nitrogen and oxygen atoms in total. The normalized spacial score (nSPS) is 16.1. The first kappa shape index (κ1) is 11.2. The van der Waals surface area contributed by atoms with Crippen molar-refractivity contribution in [2.45, 2.75) is 25.3 Å². The van der Waals surface area contributed by atoms with Gasteiger partial charge in [-0.25, -0.2) is 0 Å². The molecule has 1 unspecified atom stereocenters. The van der Waals surface area contributed by atoms with E-state index in [2.05, 4.69) is 30.2 Å². The first-order valence-corrected chi connectivity index (χ1v) is 5.68. The van der Waals surface area contributed by atoms with Gasteiger partial charge in [0, 0.05) is 5.56 Å². The first-order chi connectivity index (χ1) is 7.86. The van der Waals surface area contributed by atoms with Gasteiger partial charge in [-0.2, -0.15) is 0 Å². The fraction of sp³-hybridized carbons (Fsp3) is 0.385. The summed E-state index contributed by atoms with van der Waals surface area (Å²) in [6.45, 7) is 4.55. The number of hydrazine groups is 1. The average Bonchev–Trinajstić information content (AvgIpc) is 2.35. The van der Waals surface area contributed by atoms with Crippen LogP contribution in [0.5, 0.6) is 5.75 Å². The molecule has 1 aliphatic heterocycles. The van der Waals surface area contributed by atoms with E-state index in [1.54, 1.807) is 0 Å². The molecule has 0 fully saturated rings. The average molecular weight is 218 g/mol. The van der Waals surface area contributed by atoms with Gasteiger partial charge in [-0.15, -0.1) is 6.58 Å². The quantitative estimate of drug-likeness (QED) is 0.462. The number of hydrogen-bond donors (Lipinski definition) is 2. The molecule has 0 amide bonds. The molecule has 0 spiro atoms. The number of fused-ring (bicyclic) bond motifs is 1. The Morgan fingerprint density at radius 1 is 1.56 bits per heavy atom. The largest absolute Gasteiger partial charge is 0.493 e. The Labute approximate surface area is 96.3 Å². The molecule has 0 saturated carbocycles. The highest BCUT2D eigenvalue weighted by Crippen LogP contribution is 2.33. The highest BCUT2D eigenvalue weighted by Gasteiger charge is 2.19. The Morgan fingerprint density at radius 3 is 3.19 bits per heavy atom. The van der Waals surface area contributed by atoms with Crippen LogP contribution in [0.15, 0.2) is 30.9 Å². The van der Waals surface area contributed by atoms with E-state index in [4.69, 9.17) is 10.6 Å². The molecule has 3 heteroatoms. The van der Waals surface area contributed by atoms with E-state index in [-0.39, 0.29) is 6.04 Å². The van der Waals surface area contributed by atoms with Crippen LogP contribution in [0.25, 0.3) is 0 Å². The van der Waals surface area contributed by atoms with Crippen molar-refractivity contribution in [1.82, 2.24) is 5.43 Å². The molecule has 0 saturated heterocycles. The van der Waals surface area contributed by atoms with Crippen molar-refractivity contribution in [2.75, 3.05) is 6.61 Å². The van der Waals surface area contributed by atoms with Crippen LogP contribution < -0.4 is 16.0 Å². The zero-order valence-electron chi connectivity index (χ0n) is 9.41. The van der Waals surface area contributed by atoms with E-state index in [1.807, 2.05) is 6.08 Å². The van der Waals surface area contributed by atoms with Gasteiger partial charge >= 0.3 is 0 Å². The fourth-order valence-corrected chi connectivity index (χ4v) is 2.14. The summed E-state index contributed by atoms with van der Waals surface area (Å²) in [5.74, 6) is 6.58. The minimum atomic E-state index is 0.0885. The van der Waals surface area contributed by atoms with Crippen molar-refractivity contribution in [3.8, 4) is 5.75 Å². The molecule has 0 aromatic heterocycles. The van der Waals surface area contributed by atoms with Gasteiger partial charge in [0.05, 0.1) is 12.6 Å². The van der Waals surface area contributed by atoms with E-state index in [9.17, 15) is 0 Å². The lowest BCUT2D eigenvalue weighted by Crippen LogP contribution is -2.28. The van der Waals surface area contributed by atoms with E-state index >= 15 is 0 Å². The standard InChI is InChI=1S/C13H18N2O/c1-2-5-12(15-14)11-8-3-6-10-7-4-9-16-13(10)11/h2-3,6,8,12,15H,1,4-5,7,9,14H2. The fourth-order valence-electron chi connectivity index (χ4n) is 2.14. The Morgan fingerprint density at radius 2 is 2.44 bits per heavy atom. The number of nitrogens with one attached hydrogen (secondary N) is 1. The van der Waals surface area contributed by atoms with Gasteiger partial charge in [0.25, 0.3) is 0 Å². The van der Waals surface area contributed by atoms with Gasteiger partial charge in [0.1, 0.15) is 5.75 Å². The van der Waals surface area contributed by atoms with E-state index in [1.165, 1.54) is 5.56 Å². The monoisotopic (exact) mass is 218 g/mol. The molecule has 0 radical (unpaired) electrons. The maximum absolute atomic E-state index is 5.75. The molecule has 86 valence electrons. The number of hydrogen-bond acceptors (Lipinski definition) is 3. The third kappa shape index (κ3) is 2.10. The molecular weight excluding hydrogens is 200 g/mol. The van der Waals surface area contributed by atoms with Crippen molar-refractivity contribution >= 4 is 0 Å². The molecule has 0 bridgehead atoms. The summed E-state index contributed by atoms with van der Waals surface area (Å²) in [7, 11) is 0. The van der Waals surface area contributed by atoms with Crippen LogP contribution in [-0.4, -0.2) is 6.61 Å². The van der Waals surface area contributed by atoms with Crippen LogP contribution in [0.1, 0.15) is 30.0 Å². The lowest BCUT2D eigenvalue weighted by atomic mass is 9.97. The minimum absolute atomic E-state index is 0.0885. The molecule has 2 rings (SSSR count). The Hall–Kier alpha value is -1.32. The smallest absolute Gasteiger partial charge is 0.127 e. The zero-order chi connectivity index (χ0) is 11.4. The number of ether oxygens (including phenoxy) is 1. The Balaban J connectivity index is 2.35. The van der Waals surface area contributed by atoms with Gasteiger partial charge in [-0.05, 0) is 24.8 Å². The first-order valence-electron chi connectivity index (χ1n) is 5.68. The van der Waals surface area contributed by atoms with Gasteiger partial charge in [0.2, 0.25) is 0 Å². The van der Waals surface area contributed by atoms with E-state index in [0.717, 1.165) is 37.2 Å². The van der Waals surface area contributed by atoms with Crippen molar-refractivity contribution < 1.29 is 4.74 Å². The summed E-state index contributed by atoms with van der Waals surface area (Å²) in [6.07, 6.45) is 4.86. The van der Waals surface area contributed by atoms with Gasteiger partial charge in [-0.3, -0.25) is 11.3 Å². The zero-order valence-corrected chi connectivity index (χ0v) is 9.41. The second-order valence-electron chi connectivity index (χ2n) is 4.03. The maximum Gasteiger partial charge on any atom is 0.127 e. The van der Waals surface area contributed by atoms with Crippen molar-refractivity contribution in [1.29, 1.82) is 0 Å². The van der Waals surface area contributed by atoms with Crippen LogP contribution in [-0.2, 0) is 6.42 Å². The molecule has 16 heavy (non-hydrogen) atoms. The summed E-state index contributed by atoms with van der Waals surface area (Å²) in [5, 5.41) is 0. The molecular formula is C13H18N2O. The molecule has 0 aliphatic carbocycles. The van der Waals surface area contributed by atoms with Gasteiger partial charge in [-0.1, -0.05) is 24.3 Å². The van der Waals surface area contributed by atoms with Gasteiger partial charge < -0.3 is 4.74 Å². The number of nitrogens with two attached hydrogens (primary N) is 1. The molecule has 1 heterocycles. The molecule has 1 aliphatic rings. The maximum atomic E-state index is 5.75. The summed E-state index contributed by atoms with van der Waals surface area (Å²) < 4.78 is 5.75. The molecule has 3 N–H and O–H groups in total. The van der Waals surface area contributed by atoms with Gasteiger partial charge in [0.15, 0.2) is 0 Å². The minimum Gasteiger partial charge on any atom is -0.493 e. The van der Waals surface area contributed by atoms with Crippen molar-refractivity contribution in [3.05, 3.63) is 42.0 Å². The third-order valence-corrected chi connectivity index (χ3v) is 2.94. The molecule has 1 aromatic rings. The topological polar surface area (TPSA) is 47.3 Å². The molecule has 1 atom stereocenters. The number of para-hydroxylation sites is 1. The SMILES string of the molecule is C=CCC(NN)c1cccc2c1OCCC2.